The summed E-state index contributed by atoms with van der Waals surface area (Å²) in [5, 5.41) is 8.28. The van der Waals surface area contributed by atoms with Gasteiger partial charge >= 0.3 is 0 Å². The van der Waals surface area contributed by atoms with E-state index in [2.05, 4.69) is 29.4 Å². The number of carbonyl (C=O) groups excluding carboxylic acids is 1. The van der Waals surface area contributed by atoms with Crippen molar-refractivity contribution in [2.45, 2.75) is 70.0 Å². The molecule has 1 saturated carbocycles. The van der Waals surface area contributed by atoms with Gasteiger partial charge in [-0.1, -0.05) is 54.2 Å². The molecule has 2 aliphatic rings. The molecule has 2 aromatic carbocycles. The van der Waals surface area contributed by atoms with E-state index in [1.165, 1.54) is 12.8 Å². The van der Waals surface area contributed by atoms with Gasteiger partial charge in [-0.05, 0) is 62.1 Å². The van der Waals surface area contributed by atoms with Gasteiger partial charge < -0.3 is 21.3 Å². The molecule has 0 radical (unpaired) electrons. The van der Waals surface area contributed by atoms with Crippen molar-refractivity contribution in [3.05, 3.63) is 63.6 Å². The maximum absolute atomic E-state index is 11.9. The molecule has 4 rings (SSSR count). The number of anilines is 1. The summed E-state index contributed by atoms with van der Waals surface area (Å²) in [6.07, 6.45) is 4.97. The highest BCUT2D eigenvalue weighted by molar-refractivity contribution is 6.35. The smallest absolute Gasteiger partial charge is 0.218 e. The van der Waals surface area contributed by atoms with Crippen LogP contribution in [0.3, 0.4) is 0 Å². The van der Waals surface area contributed by atoms with Crippen LogP contribution in [0.4, 0.5) is 5.69 Å². The number of benzene rings is 2. The van der Waals surface area contributed by atoms with E-state index in [9.17, 15) is 4.79 Å². The standard InChI is InChI=1S/C27H35Cl2N5O/c1-17-15-34(16-18(2)31-17)27(32-21-5-3-4-6-21)33-22-10-7-19(8-11-22)24(14-26(30)35)23-12-9-20(28)13-25(23)29/h7-13,17-18,21,24,31H,3-6,14-16H2,1-2H3,(H2,30,35)(H,32,33). The molecular formula is C27H35Cl2N5O. The molecule has 8 heteroatoms. The minimum atomic E-state index is -0.379. The first-order valence-electron chi connectivity index (χ1n) is 12.5. The fourth-order valence-electron chi connectivity index (χ4n) is 5.22. The topological polar surface area (TPSA) is 82.8 Å². The van der Waals surface area contributed by atoms with Crippen LogP contribution < -0.4 is 16.4 Å². The van der Waals surface area contributed by atoms with Gasteiger partial charge in [-0.3, -0.25) is 4.79 Å². The van der Waals surface area contributed by atoms with E-state index in [0.29, 0.717) is 28.2 Å². The van der Waals surface area contributed by atoms with Crippen LogP contribution in [0.5, 0.6) is 0 Å². The molecule has 1 amide bonds. The number of hydrogen-bond acceptors (Lipinski definition) is 3. The van der Waals surface area contributed by atoms with Gasteiger partial charge in [-0.15, -0.1) is 0 Å². The van der Waals surface area contributed by atoms with E-state index in [1.807, 2.05) is 30.3 Å². The van der Waals surface area contributed by atoms with E-state index in [-0.39, 0.29) is 18.2 Å². The number of carbonyl (C=O) groups is 1. The third kappa shape index (κ3) is 6.90. The molecule has 1 saturated heterocycles. The Morgan fingerprint density at radius 2 is 1.77 bits per heavy atom. The molecule has 0 bridgehead atoms. The lowest BCUT2D eigenvalue weighted by molar-refractivity contribution is -0.118. The van der Waals surface area contributed by atoms with Gasteiger partial charge in [-0.2, -0.15) is 0 Å². The number of piperazine rings is 1. The van der Waals surface area contributed by atoms with Crippen molar-refractivity contribution in [1.29, 1.82) is 0 Å². The van der Waals surface area contributed by atoms with E-state index >= 15 is 0 Å². The molecular weight excluding hydrogens is 481 g/mol. The fourth-order valence-corrected chi connectivity index (χ4v) is 5.76. The van der Waals surface area contributed by atoms with Crippen molar-refractivity contribution in [1.82, 2.24) is 10.2 Å². The monoisotopic (exact) mass is 515 g/mol. The van der Waals surface area contributed by atoms with Crippen LogP contribution in [-0.2, 0) is 4.79 Å². The highest BCUT2D eigenvalue weighted by atomic mass is 35.5. The Balaban J connectivity index is 1.57. The zero-order valence-electron chi connectivity index (χ0n) is 20.4. The second kappa shape index (κ2) is 11.6. The molecule has 2 aromatic rings. The lowest BCUT2D eigenvalue weighted by Crippen LogP contribution is -2.57. The molecule has 188 valence electrons. The number of rotatable bonds is 6. The van der Waals surface area contributed by atoms with Gasteiger partial charge in [0.25, 0.3) is 0 Å². The SMILES string of the molecule is CC1CN(/C(=N\C2CCCC2)Nc2ccc(C(CC(N)=O)c3ccc(Cl)cc3Cl)cc2)CC(C)N1. The van der Waals surface area contributed by atoms with Crippen LogP contribution in [0, 0.1) is 0 Å². The third-order valence-electron chi connectivity index (χ3n) is 6.80. The second-order valence-electron chi connectivity index (χ2n) is 9.90. The Labute approximate surface area is 218 Å². The van der Waals surface area contributed by atoms with Gasteiger partial charge in [0.15, 0.2) is 5.96 Å². The molecule has 1 aliphatic carbocycles. The van der Waals surface area contributed by atoms with E-state index in [1.54, 1.807) is 12.1 Å². The molecule has 4 N–H and O–H groups in total. The molecule has 3 atom stereocenters. The summed E-state index contributed by atoms with van der Waals surface area (Å²) >= 11 is 12.6. The van der Waals surface area contributed by atoms with Crippen LogP contribution in [-0.4, -0.2) is 48.0 Å². The highest BCUT2D eigenvalue weighted by Gasteiger charge is 2.26. The summed E-state index contributed by atoms with van der Waals surface area (Å²) in [6, 6.07) is 14.6. The van der Waals surface area contributed by atoms with Crippen molar-refractivity contribution < 1.29 is 4.79 Å². The Hall–Kier alpha value is -2.28. The molecule has 3 unspecified atom stereocenters. The van der Waals surface area contributed by atoms with Gasteiger partial charge in [-0.25, -0.2) is 4.99 Å². The zero-order valence-corrected chi connectivity index (χ0v) is 21.9. The number of primary amides is 1. The zero-order chi connectivity index (χ0) is 24.9. The van der Waals surface area contributed by atoms with Crippen LogP contribution in [0.25, 0.3) is 0 Å². The van der Waals surface area contributed by atoms with Gasteiger partial charge in [0, 0.05) is 53.2 Å². The van der Waals surface area contributed by atoms with E-state index in [0.717, 1.165) is 48.7 Å². The van der Waals surface area contributed by atoms with Crippen molar-refractivity contribution in [2.75, 3.05) is 18.4 Å². The number of aliphatic imine (C=N–C) groups is 1. The van der Waals surface area contributed by atoms with Crippen molar-refractivity contribution in [3.8, 4) is 0 Å². The number of halogens is 2. The maximum atomic E-state index is 11.9. The summed E-state index contributed by atoms with van der Waals surface area (Å²) in [4.78, 5) is 19.4. The predicted molar refractivity (Wildman–Crippen MR) is 146 cm³/mol. The molecule has 1 heterocycles. The lowest BCUT2D eigenvalue weighted by Gasteiger charge is -2.38. The average Bonchev–Trinajstić information content (AvgIpc) is 3.30. The lowest BCUT2D eigenvalue weighted by atomic mass is 9.88. The summed E-state index contributed by atoms with van der Waals surface area (Å²) in [7, 11) is 0. The first-order valence-corrected chi connectivity index (χ1v) is 13.2. The molecule has 0 aromatic heterocycles. The Morgan fingerprint density at radius 1 is 1.11 bits per heavy atom. The number of nitrogens with two attached hydrogens (primary N) is 1. The number of nitrogens with one attached hydrogen (secondary N) is 2. The highest BCUT2D eigenvalue weighted by Crippen LogP contribution is 2.35. The van der Waals surface area contributed by atoms with Gasteiger partial charge in [0.05, 0.1) is 6.04 Å². The molecule has 35 heavy (non-hydrogen) atoms. The number of nitrogens with zero attached hydrogens (tertiary/aromatic N) is 2. The Bertz CT molecular complexity index is 1040. The van der Waals surface area contributed by atoms with Crippen LogP contribution in [0.2, 0.25) is 10.0 Å². The summed E-state index contributed by atoms with van der Waals surface area (Å²) in [5.41, 5.74) is 8.35. The molecule has 1 aliphatic heterocycles. The average molecular weight is 517 g/mol. The summed E-state index contributed by atoms with van der Waals surface area (Å²) < 4.78 is 0. The molecule has 2 fully saturated rings. The molecule has 0 spiro atoms. The third-order valence-corrected chi connectivity index (χ3v) is 7.36. The molecule has 6 nitrogen and oxygen atoms in total. The Kier molecular flexibility index (Phi) is 8.58. The first-order chi connectivity index (χ1) is 16.8. The van der Waals surface area contributed by atoms with Gasteiger partial charge in [0.1, 0.15) is 0 Å². The minimum absolute atomic E-state index is 0.166. The fraction of sp³-hybridized carbons (Fsp3) is 0.481. The quantitative estimate of drug-likeness (QED) is 0.355. The largest absolute Gasteiger partial charge is 0.370 e. The predicted octanol–water partition coefficient (Wildman–Crippen LogP) is 5.39. The normalized spacial score (nSPS) is 22.3. The van der Waals surface area contributed by atoms with Crippen molar-refractivity contribution in [3.63, 3.8) is 0 Å². The second-order valence-corrected chi connectivity index (χ2v) is 10.7. The van der Waals surface area contributed by atoms with Crippen LogP contribution in [0.1, 0.15) is 63.0 Å². The van der Waals surface area contributed by atoms with Crippen molar-refractivity contribution in [2.24, 2.45) is 10.7 Å². The van der Waals surface area contributed by atoms with Crippen molar-refractivity contribution >= 4 is 40.8 Å². The van der Waals surface area contributed by atoms with E-state index in [4.69, 9.17) is 33.9 Å². The first kappa shape index (κ1) is 25.8. The number of hydrogen-bond donors (Lipinski definition) is 3. The number of amides is 1. The summed E-state index contributed by atoms with van der Waals surface area (Å²) in [6.45, 7) is 6.25. The van der Waals surface area contributed by atoms with E-state index < -0.39 is 0 Å². The number of guanidine groups is 1. The van der Waals surface area contributed by atoms with Crippen LogP contribution in [0.15, 0.2) is 47.5 Å². The minimum Gasteiger partial charge on any atom is -0.370 e. The maximum Gasteiger partial charge on any atom is 0.218 e. The Morgan fingerprint density at radius 3 is 2.37 bits per heavy atom. The van der Waals surface area contributed by atoms with Gasteiger partial charge in [0.2, 0.25) is 5.91 Å². The summed E-state index contributed by atoms with van der Waals surface area (Å²) in [5.74, 6) is 0.322. The van der Waals surface area contributed by atoms with Crippen LogP contribution >= 0.6 is 23.2 Å².